The van der Waals surface area contributed by atoms with E-state index in [4.69, 9.17) is 19.9 Å². The molecule has 4 rings (SSSR count). The third-order valence-corrected chi connectivity index (χ3v) is 7.93. The average molecular weight is 522 g/mol. The van der Waals surface area contributed by atoms with Crippen molar-refractivity contribution in [3.8, 4) is 23.0 Å². The second kappa shape index (κ2) is 14.6. The number of methoxy groups -OCH3 is 3. The summed E-state index contributed by atoms with van der Waals surface area (Å²) in [5.74, 6) is 2.11. The van der Waals surface area contributed by atoms with Gasteiger partial charge in [0.1, 0.15) is 12.5 Å². The van der Waals surface area contributed by atoms with Crippen LogP contribution in [-0.4, -0.2) is 60.1 Å². The van der Waals surface area contributed by atoms with Gasteiger partial charge in [-0.15, -0.1) is 0 Å². The number of hydrogen-bond donors (Lipinski definition) is 2. The van der Waals surface area contributed by atoms with Crippen molar-refractivity contribution in [2.24, 2.45) is 5.73 Å². The number of alkyl halides is 1. The fourth-order valence-electron chi connectivity index (χ4n) is 4.09. The number of halogens is 1. The molecule has 0 radical (unpaired) electrons. The van der Waals surface area contributed by atoms with Gasteiger partial charge in [-0.3, -0.25) is 4.21 Å². The third kappa shape index (κ3) is 7.30. The number of phenols is 1. The fourth-order valence-corrected chi connectivity index (χ4v) is 5.76. The average Bonchev–Trinajstić information content (AvgIpc) is 3.38. The highest BCUT2D eigenvalue weighted by Gasteiger charge is 2.42. The lowest BCUT2D eigenvalue weighted by atomic mass is 10.0. The molecule has 198 valence electrons. The van der Waals surface area contributed by atoms with E-state index in [0.29, 0.717) is 31.6 Å². The molecule has 0 aromatic heterocycles. The number of fused-ring (bicyclic) bond motifs is 2. The van der Waals surface area contributed by atoms with Crippen LogP contribution in [0, 0.1) is 0 Å². The fraction of sp³-hybridized carbons (Fsp3) is 0.444. The van der Waals surface area contributed by atoms with Crippen molar-refractivity contribution in [3.63, 3.8) is 0 Å². The summed E-state index contributed by atoms with van der Waals surface area (Å²) < 4.78 is 38.9. The SMILES string of the molecule is CCc1c(CC=O)ccc(OC)c1O.COc1ccc(CCN)cc1OC.O=S1C2C=C[C@@H]1C(F)C2. The van der Waals surface area contributed by atoms with Crippen molar-refractivity contribution >= 4 is 17.1 Å². The molecule has 4 atom stereocenters. The van der Waals surface area contributed by atoms with Crippen molar-refractivity contribution < 1.29 is 32.7 Å². The molecule has 3 N–H and O–H groups in total. The van der Waals surface area contributed by atoms with Crippen LogP contribution >= 0.6 is 0 Å². The molecule has 0 aliphatic carbocycles. The number of nitrogens with two attached hydrogens (primary N) is 1. The van der Waals surface area contributed by atoms with E-state index in [-0.39, 0.29) is 16.2 Å². The van der Waals surface area contributed by atoms with Gasteiger partial charge in [0.15, 0.2) is 23.0 Å². The highest BCUT2D eigenvalue weighted by molar-refractivity contribution is 7.87. The number of benzene rings is 2. The molecule has 9 heteroatoms. The minimum absolute atomic E-state index is 0.0324. The lowest BCUT2D eigenvalue weighted by molar-refractivity contribution is -0.107. The minimum Gasteiger partial charge on any atom is -0.504 e. The van der Waals surface area contributed by atoms with E-state index in [1.54, 1.807) is 26.4 Å². The summed E-state index contributed by atoms with van der Waals surface area (Å²) in [4.78, 5) is 10.4. The van der Waals surface area contributed by atoms with E-state index in [1.165, 1.54) is 12.7 Å². The van der Waals surface area contributed by atoms with Gasteiger partial charge in [-0.1, -0.05) is 31.2 Å². The number of aldehydes is 1. The van der Waals surface area contributed by atoms with E-state index in [9.17, 15) is 18.5 Å². The highest BCUT2D eigenvalue weighted by Crippen LogP contribution is 2.34. The highest BCUT2D eigenvalue weighted by atomic mass is 32.2. The van der Waals surface area contributed by atoms with Gasteiger partial charge >= 0.3 is 0 Å². The summed E-state index contributed by atoms with van der Waals surface area (Å²) in [5.41, 5.74) is 8.27. The number of carbonyl (C=O) groups is 1. The first-order valence-electron chi connectivity index (χ1n) is 11.8. The van der Waals surface area contributed by atoms with Gasteiger partial charge in [0.05, 0.1) is 31.8 Å². The second-order valence-corrected chi connectivity index (χ2v) is 9.98. The Morgan fingerprint density at radius 3 is 2.19 bits per heavy atom. The predicted molar refractivity (Wildman–Crippen MR) is 140 cm³/mol. The Balaban J connectivity index is 0.000000194. The zero-order valence-electron chi connectivity index (χ0n) is 21.2. The first kappa shape index (κ1) is 29.3. The number of rotatable bonds is 8. The summed E-state index contributed by atoms with van der Waals surface area (Å²) in [7, 11) is 3.84. The molecule has 7 nitrogen and oxygen atoms in total. The van der Waals surface area contributed by atoms with Crippen LogP contribution in [0.4, 0.5) is 4.39 Å². The molecule has 1 fully saturated rings. The molecule has 2 aromatic carbocycles. The molecule has 0 amide bonds. The van der Waals surface area contributed by atoms with Crippen molar-refractivity contribution in [1.82, 2.24) is 0 Å². The number of ether oxygens (including phenoxy) is 3. The van der Waals surface area contributed by atoms with E-state index < -0.39 is 17.0 Å². The number of hydrogen-bond acceptors (Lipinski definition) is 7. The Bertz CT molecular complexity index is 1060. The Hall–Kier alpha value is -2.91. The molecule has 1 saturated heterocycles. The van der Waals surface area contributed by atoms with Gasteiger partial charge in [0, 0.05) is 22.8 Å². The number of aromatic hydroxyl groups is 1. The van der Waals surface area contributed by atoms with Crippen LogP contribution in [0.3, 0.4) is 0 Å². The molecule has 3 unspecified atom stereocenters. The van der Waals surface area contributed by atoms with Crippen LogP contribution < -0.4 is 19.9 Å². The van der Waals surface area contributed by atoms with Crippen LogP contribution in [0.2, 0.25) is 0 Å². The zero-order chi connectivity index (χ0) is 26.7. The van der Waals surface area contributed by atoms with Crippen molar-refractivity contribution in [3.05, 3.63) is 59.2 Å². The standard InChI is InChI=1S/C11H14O3.C10H15NO2.C6H7FOS/c1-3-9-8(6-7-12)4-5-10(14-2)11(9)13;1-12-9-4-3-8(5-6-11)7-10(9)13-2;7-5-3-4-1-2-6(5)9(4)8/h4-5,7,13H,3,6H2,1-2H3;3-4,7H,5-6,11H2,1-2H3;1-2,4-6H,3H2/t;;4?,5?,6-,9?/m..1/s1. The Morgan fingerprint density at radius 2 is 1.75 bits per heavy atom. The van der Waals surface area contributed by atoms with Crippen LogP contribution in [0.25, 0.3) is 0 Å². The van der Waals surface area contributed by atoms with Gasteiger partial charge in [0.2, 0.25) is 0 Å². The molecule has 2 bridgehead atoms. The normalized spacial score (nSPS) is 21.1. The van der Waals surface area contributed by atoms with Crippen molar-refractivity contribution in [2.75, 3.05) is 27.9 Å². The van der Waals surface area contributed by atoms with Gasteiger partial charge in [-0.25, -0.2) is 4.39 Å². The van der Waals surface area contributed by atoms with Crippen LogP contribution in [0.15, 0.2) is 42.5 Å². The number of carbonyl (C=O) groups excluding carboxylic acids is 1. The third-order valence-electron chi connectivity index (χ3n) is 6.00. The first-order valence-corrected chi connectivity index (χ1v) is 13.1. The van der Waals surface area contributed by atoms with Gasteiger partial charge in [-0.05, 0) is 55.1 Å². The molecular formula is C27H36FNO6S. The van der Waals surface area contributed by atoms with Crippen LogP contribution in [0.5, 0.6) is 23.0 Å². The monoisotopic (exact) mass is 521 g/mol. The van der Waals surface area contributed by atoms with Gasteiger partial charge in [0.25, 0.3) is 0 Å². The van der Waals surface area contributed by atoms with Crippen molar-refractivity contribution in [1.29, 1.82) is 0 Å². The molecule has 2 aliphatic heterocycles. The van der Waals surface area contributed by atoms with E-state index in [1.807, 2.05) is 37.3 Å². The quantitative estimate of drug-likeness (QED) is 0.403. The van der Waals surface area contributed by atoms with E-state index in [2.05, 4.69) is 0 Å². The Morgan fingerprint density at radius 1 is 1.08 bits per heavy atom. The largest absolute Gasteiger partial charge is 0.504 e. The molecule has 2 aromatic rings. The summed E-state index contributed by atoms with van der Waals surface area (Å²) in [5, 5.41) is 9.52. The second-order valence-electron chi connectivity index (χ2n) is 8.17. The lowest BCUT2D eigenvalue weighted by Crippen LogP contribution is -2.13. The molecule has 2 aliphatic rings. The maximum absolute atomic E-state index is 12.6. The van der Waals surface area contributed by atoms with E-state index in [0.717, 1.165) is 35.3 Å². The zero-order valence-corrected chi connectivity index (χ0v) is 22.1. The first-order chi connectivity index (χ1) is 17.3. The molecular weight excluding hydrogens is 485 g/mol. The summed E-state index contributed by atoms with van der Waals surface area (Å²) in [6, 6.07) is 9.32. The maximum Gasteiger partial charge on any atom is 0.161 e. The Kier molecular flexibility index (Phi) is 11.9. The van der Waals surface area contributed by atoms with Crippen molar-refractivity contribution in [2.45, 2.75) is 49.3 Å². The van der Waals surface area contributed by atoms with Gasteiger partial charge in [-0.2, -0.15) is 0 Å². The summed E-state index contributed by atoms with van der Waals surface area (Å²) in [6.45, 7) is 2.58. The Labute approximate surface area is 214 Å². The van der Waals surface area contributed by atoms with E-state index >= 15 is 0 Å². The van der Waals surface area contributed by atoms with Gasteiger partial charge < -0.3 is 29.8 Å². The maximum atomic E-state index is 12.6. The van der Waals surface area contributed by atoms with Crippen LogP contribution in [-0.2, 0) is 34.9 Å². The van der Waals surface area contributed by atoms with Crippen LogP contribution in [0.1, 0.15) is 30.0 Å². The summed E-state index contributed by atoms with van der Waals surface area (Å²) in [6.07, 6.45) is 5.98. The minimum atomic E-state index is -0.917. The topological polar surface area (TPSA) is 108 Å². The molecule has 36 heavy (non-hydrogen) atoms. The molecule has 0 spiro atoms. The molecule has 0 saturated carbocycles. The lowest BCUT2D eigenvalue weighted by Gasteiger charge is -2.11. The number of phenolic OH excluding ortho intramolecular Hbond substituents is 1. The summed E-state index contributed by atoms with van der Waals surface area (Å²) >= 11 is 0. The molecule has 2 heterocycles. The predicted octanol–water partition coefficient (Wildman–Crippen LogP) is 3.69. The smallest absolute Gasteiger partial charge is 0.161 e.